The smallest absolute Gasteiger partial charge is 0.0451 e. The molecule has 0 bridgehead atoms. The van der Waals surface area contributed by atoms with Gasteiger partial charge in [0, 0.05) is 6.67 Å². The summed E-state index contributed by atoms with van der Waals surface area (Å²) in [6, 6.07) is 0. The highest BCUT2D eigenvalue weighted by atomic mass is 15.0. The average Bonchev–Trinajstić information content (AvgIpc) is 2.19. The van der Waals surface area contributed by atoms with Gasteiger partial charge in [0.15, 0.2) is 0 Å². The zero-order valence-corrected chi connectivity index (χ0v) is 9.83. The van der Waals surface area contributed by atoms with Gasteiger partial charge in [-0.3, -0.25) is 0 Å². The van der Waals surface area contributed by atoms with E-state index in [1.807, 2.05) is 34.7 Å². The van der Waals surface area contributed by atoms with Gasteiger partial charge < -0.3 is 10.6 Å². The zero-order valence-electron chi connectivity index (χ0n) is 9.83. The molecule has 0 saturated carbocycles. The van der Waals surface area contributed by atoms with Gasteiger partial charge >= 0.3 is 0 Å². The molecule has 0 amide bonds. The van der Waals surface area contributed by atoms with Crippen LogP contribution in [-0.4, -0.2) is 20.3 Å². The first-order chi connectivity index (χ1) is 5.91. The number of nitrogens with one attached hydrogen (secondary N) is 2. The minimum Gasteiger partial charge on any atom is -0.308 e. The number of rotatable bonds is 5. The van der Waals surface area contributed by atoms with Crippen LogP contribution in [0, 0.1) is 0 Å². The summed E-state index contributed by atoms with van der Waals surface area (Å²) in [5, 5.41) is 6.24. The van der Waals surface area contributed by atoms with Gasteiger partial charge in [0.1, 0.15) is 0 Å². The molecule has 0 radical (unpaired) electrons. The molecule has 0 aromatic carbocycles. The molecular weight excluding hydrogens is 148 g/mol. The Bertz CT molecular complexity index is 32.8. The topological polar surface area (TPSA) is 24.1 Å². The van der Waals surface area contributed by atoms with Gasteiger partial charge in [0.2, 0.25) is 0 Å². The number of unbranched alkanes of at least 4 members (excludes halogenated alkanes) is 1. The third-order valence-electron chi connectivity index (χ3n) is 1.01. The van der Waals surface area contributed by atoms with Gasteiger partial charge in [-0.05, 0) is 20.0 Å². The first-order valence-corrected chi connectivity index (χ1v) is 5.27. The summed E-state index contributed by atoms with van der Waals surface area (Å²) in [6.45, 7) is 12.3. The van der Waals surface area contributed by atoms with Crippen LogP contribution in [0.25, 0.3) is 0 Å². The molecule has 12 heavy (non-hydrogen) atoms. The summed E-state index contributed by atoms with van der Waals surface area (Å²) in [6.07, 6.45) is 2.55. The van der Waals surface area contributed by atoms with Gasteiger partial charge in [0.25, 0.3) is 0 Å². The minimum absolute atomic E-state index is 0.931. The second kappa shape index (κ2) is 30.7. The Labute approximate surface area is 79.1 Å². The maximum atomic E-state index is 3.22. The van der Waals surface area contributed by atoms with Crippen LogP contribution in [0.2, 0.25) is 0 Å². The van der Waals surface area contributed by atoms with Crippen molar-refractivity contribution >= 4 is 0 Å². The van der Waals surface area contributed by atoms with Crippen molar-refractivity contribution in [2.24, 2.45) is 0 Å². The van der Waals surface area contributed by atoms with Crippen molar-refractivity contribution < 1.29 is 0 Å². The molecule has 0 saturated heterocycles. The third kappa shape index (κ3) is 32.6. The van der Waals surface area contributed by atoms with Crippen LogP contribution in [0.4, 0.5) is 0 Å². The first kappa shape index (κ1) is 17.9. The van der Waals surface area contributed by atoms with Gasteiger partial charge in [0.05, 0.1) is 0 Å². The van der Waals surface area contributed by atoms with Crippen LogP contribution in [0.1, 0.15) is 47.5 Å². The average molecular weight is 176 g/mol. The molecule has 0 aliphatic carbocycles. The van der Waals surface area contributed by atoms with E-state index in [4.69, 9.17) is 0 Å². The van der Waals surface area contributed by atoms with Gasteiger partial charge in [-0.1, -0.05) is 41.0 Å². The van der Waals surface area contributed by atoms with Gasteiger partial charge in [-0.2, -0.15) is 0 Å². The van der Waals surface area contributed by atoms with Crippen LogP contribution < -0.4 is 10.6 Å². The summed E-state index contributed by atoms with van der Waals surface area (Å²) in [5.41, 5.74) is 0. The minimum atomic E-state index is 0.931. The zero-order chi connectivity index (χ0) is 10.2. The Hall–Kier alpha value is -0.0800. The highest BCUT2D eigenvalue weighted by molar-refractivity contribution is 4.41. The molecule has 2 N–H and O–H groups in total. The Morgan fingerprint density at radius 1 is 1.00 bits per heavy atom. The van der Waals surface area contributed by atoms with Crippen molar-refractivity contribution in [3.63, 3.8) is 0 Å². The summed E-state index contributed by atoms with van der Waals surface area (Å²) in [5.74, 6) is 0. The fraction of sp³-hybridized carbons (Fsp3) is 1.00. The molecule has 0 fully saturated rings. The fourth-order valence-electron chi connectivity index (χ4n) is 0.515. The van der Waals surface area contributed by atoms with E-state index >= 15 is 0 Å². The van der Waals surface area contributed by atoms with Crippen LogP contribution >= 0.6 is 0 Å². The molecule has 0 atom stereocenters. The van der Waals surface area contributed by atoms with E-state index < -0.39 is 0 Å². The van der Waals surface area contributed by atoms with Crippen molar-refractivity contribution in [3.05, 3.63) is 0 Å². The Morgan fingerprint density at radius 3 is 1.83 bits per heavy atom. The molecule has 78 valence electrons. The molecular formula is C10H28N2. The van der Waals surface area contributed by atoms with Crippen LogP contribution in [0.5, 0.6) is 0 Å². The lowest BCUT2D eigenvalue weighted by Gasteiger charge is -1.99. The standard InChI is InChI=1S/C6H16N2.2C2H6/c1-3-4-5-8-6-7-2;2*1-2/h7-8H,3-6H2,1-2H3;2*1-2H3. The highest BCUT2D eigenvalue weighted by Gasteiger charge is 1.79. The van der Waals surface area contributed by atoms with E-state index in [9.17, 15) is 0 Å². The van der Waals surface area contributed by atoms with Crippen LogP contribution in [0.3, 0.4) is 0 Å². The van der Waals surface area contributed by atoms with Crippen LogP contribution in [-0.2, 0) is 0 Å². The SMILES string of the molecule is CC.CC.CCCCNCNC. The molecule has 2 heteroatoms. The predicted octanol–water partition coefficient (Wildman–Crippen LogP) is 2.61. The molecule has 0 aliphatic rings. The van der Waals surface area contributed by atoms with E-state index in [1.54, 1.807) is 0 Å². The fourth-order valence-corrected chi connectivity index (χ4v) is 0.515. The quantitative estimate of drug-likeness (QED) is 0.497. The van der Waals surface area contributed by atoms with Gasteiger partial charge in [-0.25, -0.2) is 0 Å². The van der Waals surface area contributed by atoms with Crippen molar-refractivity contribution in [3.8, 4) is 0 Å². The molecule has 0 heterocycles. The Morgan fingerprint density at radius 2 is 1.50 bits per heavy atom. The lowest BCUT2D eigenvalue weighted by molar-refractivity contribution is 0.603. The maximum absolute atomic E-state index is 3.22. The first-order valence-electron chi connectivity index (χ1n) is 5.27. The van der Waals surface area contributed by atoms with Crippen molar-refractivity contribution in [2.45, 2.75) is 47.5 Å². The Balaban J connectivity index is -0.000000175. The second-order valence-corrected chi connectivity index (χ2v) is 1.88. The summed E-state index contributed by atoms with van der Waals surface area (Å²) in [7, 11) is 1.94. The van der Waals surface area contributed by atoms with E-state index in [2.05, 4.69) is 17.6 Å². The van der Waals surface area contributed by atoms with Crippen molar-refractivity contribution in [1.29, 1.82) is 0 Å². The summed E-state index contributed by atoms with van der Waals surface area (Å²) in [4.78, 5) is 0. The van der Waals surface area contributed by atoms with E-state index in [0.717, 1.165) is 13.2 Å². The lowest BCUT2D eigenvalue weighted by atomic mass is 10.3. The maximum Gasteiger partial charge on any atom is 0.0451 e. The van der Waals surface area contributed by atoms with Gasteiger partial charge in [-0.15, -0.1) is 0 Å². The lowest BCUT2D eigenvalue weighted by Crippen LogP contribution is -2.26. The van der Waals surface area contributed by atoms with Crippen molar-refractivity contribution in [2.75, 3.05) is 20.3 Å². The predicted molar refractivity (Wildman–Crippen MR) is 59.5 cm³/mol. The van der Waals surface area contributed by atoms with Crippen molar-refractivity contribution in [1.82, 2.24) is 10.6 Å². The Kier molecular flexibility index (Phi) is 45.6. The molecule has 0 spiro atoms. The molecule has 0 unspecified atom stereocenters. The second-order valence-electron chi connectivity index (χ2n) is 1.88. The normalized spacial score (nSPS) is 7.50. The monoisotopic (exact) mass is 176 g/mol. The van der Waals surface area contributed by atoms with E-state index in [1.165, 1.54) is 12.8 Å². The third-order valence-corrected chi connectivity index (χ3v) is 1.01. The molecule has 0 aromatic heterocycles. The summed E-state index contributed by atoms with van der Waals surface area (Å²) >= 11 is 0. The van der Waals surface area contributed by atoms with E-state index in [0.29, 0.717) is 0 Å². The van der Waals surface area contributed by atoms with E-state index in [-0.39, 0.29) is 0 Å². The number of hydrogen-bond donors (Lipinski definition) is 2. The molecule has 0 aliphatic heterocycles. The molecule has 2 nitrogen and oxygen atoms in total. The summed E-state index contributed by atoms with van der Waals surface area (Å²) < 4.78 is 0. The van der Waals surface area contributed by atoms with Crippen LogP contribution in [0.15, 0.2) is 0 Å². The molecule has 0 aromatic rings. The largest absolute Gasteiger partial charge is 0.308 e. The molecule has 0 rings (SSSR count). The highest BCUT2D eigenvalue weighted by Crippen LogP contribution is 1.80. The number of hydrogen-bond acceptors (Lipinski definition) is 2.